The molecule has 2 saturated heterocycles. The Morgan fingerprint density at radius 1 is 1.10 bits per heavy atom. The zero-order chi connectivity index (χ0) is 14.4. The Kier molecular flexibility index (Phi) is 6.30. The minimum absolute atomic E-state index is 0.319. The maximum absolute atomic E-state index is 12.5. The number of nitrogens with zero attached hydrogens (tertiary/aromatic N) is 2. The summed E-state index contributed by atoms with van der Waals surface area (Å²) in [4.78, 5) is 16.9. The van der Waals surface area contributed by atoms with Crippen molar-refractivity contribution in [2.75, 3.05) is 32.7 Å². The smallest absolute Gasteiger partial charge is 0.236 e. The van der Waals surface area contributed by atoms with E-state index in [0.29, 0.717) is 25.0 Å². The van der Waals surface area contributed by atoms with Crippen LogP contribution in [0.5, 0.6) is 0 Å². The molecule has 4 nitrogen and oxygen atoms in total. The summed E-state index contributed by atoms with van der Waals surface area (Å²) < 4.78 is 0. The molecule has 2 heterocycles. The Balaban J connectivity index is 1.85. The van der Waals surface area contributed by atoms with Gasteiger partial charge in [-0.1, -0.05) is 26.2 Å². The zero-order valence-electron chi connectivity index (χ0n) is 13.0. The van der Waals surface area contributed by atoms with Crippen molar-refractivity contribution < 1.29 is 4.79 Å². The van der Waals surface area contributed by atoms with E-state index in [4.69, 9.17) is 5.73 Å². The van der Waals surface area contributed by atoms with Gasteiger partial charge in [0.15, 0.2) is 0 Å². The monoisotopic (exact) mass is 281 g/mol. The molecule has 4 heteroatoms. The normalized spacial score (nSPS) is 29.8. The van der Waals surface area contributed by atoms with E-state index in [2.05, 4.69) is 16.7 Å². The van der Waals surface area contributed by atoms with E-state index in [0.717, 1.165) is 32.0 Å². The highest BCUT2D eigenvalue weighted by Crippen LogP contribution is 2.22. The third-order valence-electron chi connectivity index (χ3n) is 4.92. The molecular weight excluding hydrogens is 250 g/mol. The van der Waals surface area contributed by atoms with Gasteiger partial charge in [0.1, 0.15) is 0 Å². The van der Waals surface area contributed by atoms with Crippen LogP contribution in [0.15, 0.2) is 0 Å². The van der Waals surface area contributed by atoms with Crippen molar-refractivity contribution in [3.8, 4) is 0 Å². The number of hydrogen-bond donors (Lipinski definition) is 1. The van der Waals surface area contributed by atoms with Crippen LogP contribution in [-0.4, -0.2) is 54.5 Å². The highest BCUT2D eigenvalue weighted by atomic mass is 16.2. The maximum Gasteiger partial charge on any atom is 0.236 e. The van der Waals surface area contributed by atoms with Crippen molar-refractivity contribution in [1.82, 2.24) is 9.80 Å². The summed E-state index contributed by atoms with van der Waals surface area (Å²) in [5.41, 5.74) is 5.89. The average molecular weight is 281 g/mol. The second kappa shape index (κ2) is 7.99. The van der Waals surface area contributed by atoms with Crippen LogP contribution in [0.1, 0.15) is 51.9 Å². The first-order chi connectivity index (χ1) is 9.70. The fraction of sp³-hybridized carbons (Fsp3) is 0.938. The van der Waals surface area contributed by atoms with E-state index in [1.165, 1.54) is 38.5 Å². The van der Waals surface area contributed by atoms with E-state index < -0.39 is 0 Å². The van der Waals surface area contributed by atoms with Crippen LogP contribution in [0, 0.1) is 5.92 Å². The maximum atomic E-state index is 12.5. The Morgan fingerprint density at radius 3 is 2.40 bits per heavy atom. The molecule has 2 fully saturated rings. The summed E-state index contributed by atoms with van der Waals surface area (Å²) in [7, 11) is 0. The van der Waals surface area contributed by atoms with Gasteiger partial charge in [-0.3, -0.25) is 9.69 Å². The Bertz CT molecular complexity index is 300. The van der Waals surface area contributed by atoms with Gasteiger partial charge >= 0.3 is 0 Å². The van der Waals surface area contributed by atoms with Gasteiger partial charge in [0.25, 0.3) is 0 Å². The van der Waals surface area contributed by atoms with Gasteiger partial charge in [-0.05, 0) is 38.1 Å². The van der Waals surface area contributed by atoms with Gasteiger partial charge in [0.05, 0.1) is 6.54 Å². The molecule has 2 rings (SSSR count). The van der Waals surface area contributed by atoms with Crippen molar-refractivity contribution >= 4 is 5.91 Å². The minimum Gasteiger partial charge on any atom is -0.342 e. The third kappa shape index (κ3) is 4.45. The van der Waals surface area contributed by atoms with Gasteiger partial charge in [-0.25, -0.2) is 0 Å². The molecule has 0 spiro atoms. The number of piperidine rings is 1. The zero-order valence-corrected chi connectivity index (χ0v) is 13.0. The SMILES string of the molecule is CC1CCN(CC(=O)N2CCCCCCC2)C(CN)C1. The summed E-state index contributed by atoms with van der Waals surface area (Å²) in [5.74, 6) is 1.07. The molecule has 116 valence electrons. The van der Waals surface area contributed by atoms with Crippen LogP contribution >= 0.6 is 0 Å². The minimum atomic E-state index is 0.319. The molecule has 2 unspecified atom stereocenters. The lowest BCUT2D eigenvalue weighted by Crippen LogP contribution is -2.51. The summed E-state index contributed by atoms with van der Waals surface area (Å²) in [6.45, 7) is 6.49. The number of rotatable bonds is 3. The predicted molar refractivity (Wildman–Crippen MR) is 82.5 cm³/mol. The lowest BCUT2D eigenvalue weighted by atomic mass is 9.92. The van der Waals surface area contributed by atoms with Crippen molar-refractivity contribution in [3.63, 3.8) is 0 Å². The van der Waals surface area contributed by atoms with E-state index in [1.807, 2.05) is 0 Å². The molecule has 0 aromatic carbocycles. The second-order valence-electron chi connectivity index (χ2n) is 6.64. The van der Waals surface area contributed by atoms with Gasteiger partial charge < -0.3 is 10.6 Å². The van der Waals surface area contributed by atoms with Crippen molar-refractivity contribution in [1.29, 1.82) is 0 Å². The highest BCUT2D eigenvalue weighted by Gasteiger charge is 2.28. The highest BCUT2D eigenvalue weighted by molar-refractivity contribution is 5.78. The predicted octanol–water partition coefficient (Wildman–Crippen LogP) is 1.84. The second-order valence-corrected chi connectivity index (χ2v) is 6.64. The summed E-state index contributed by atoms with van der Waals surface area (Å²) >= 11 is 0. The summed E-state index contributed by atoms with van der Waals surface area (Å²) in [6.07, 6.45) is 8.56. The van der Waals surface area contributed by atoms with Crippen LogP contribution in [0.2, 0.25) is 0 Å². The molecule has 0 bridgehead atoms. The number of carbonyl (C=O) groups excluding carboxylic acids is 1. The molecule has 0 saturated carbocycles. The Hall–Kier alpha value is -0.610. The first kappa shape index (κ1) is 15.8. The Morgan fingerprint density at radius 2 is 1.75 bits per heavy atom. The Labute approximate surface area is 123 Å². The van der Waals surface area contributed by atoms with Crippen LogP contribution < -0.4 is 5.73 Å². The largest absolute Gasteiger partial charge is 0.342 e. The van der Waals surface area contributed by atoms with Crippen molar-refractivity contribution in [3.05, 3.63) is 0 Å². The lowest BCUT2D eigenvalue weighted by molar-refractivity contribution is -0.133. The molecule has 2 atom stereocenters. The molecule has 0 radical (unpaired) electrons. The van der Waals surface area contributed by atoms with E-state index >= 15 is 0 Å². The molecule has 0 aromatic rings. The first-order valence-corrected chi connectivity index (χ1v) is 8.42. The van der Waals surface area contributed by atoms with Crippen LogP contribution in [0.25, 0.3) is 0 Å². The van der Waals surface area contributed by atoms with Gasteiger partial charge in [-0.2, -0.15) is 0 Å². The topological polar surface area (TPSA) is 49.6 Å². The fourth-order valence-corrected chi connectivity index (χ4v) is 3.52. The summed E-state index contributed by atoms with van der Waals surface area (Å²) in [5, 5.41) is 0. The number of amides is 1. The molecule has 0 aromatic heterocycles. The first-order valence-electron chi connectivity index (χ1n) is 8.42. The molecule has 20 heavy (non-hydrogen) atoms. The number of nitrogens with two attached hydrogens (primary N) is 1. The molecule has 2 aliphatic heterocycles. The van der Waals surface area contributed by atoms with Crippen molar-refractivity contribution in [2.24, 2.45) is 11.7 Å². The molecule has 0 aliphatic carbocycles. The van der Waals surface area contributed by atoms with E-state index in [-0.39, 0.29) is 0 Å². The number of carbonyl (C=O) groups is 1. The van der Waals surface area contributed by atoms with Crippen LogP contribution in [-0.2, 0) is 4.79 Å². The van der Waals surface area contributed by atoms with Crippen molar-refractivity contribution in [2.45, 2.75) is 57.9 Å². The average Bonchev–Trinajstić information content (AvgIpc) is 2.40. The molecule has 2 aliphatic rings. The summed E-state index contributed by atoms with van der Waals surface area (Å²) in [6, 6.07) is 0.400. The van der Waals surface area contributed by atoms with Gasteiger partial charge in [0.2, 0.25) is 5.91 Å². The van der Waals surface area contributed by atoms with Crippen LogP contribution in [0.3, 0.4) is 0 Å². The fourth-order valence-electron chi connectivity index (χ4n) is 3.52. The standard InChI is InChI=1S/C16H31N3O/c1-14-7-10-19(15(11-14)12-17)13-16(20)18-8-5-3-2-4-6-9-18/h14-15H,2-13,17H2,1H3. The quantitative estimate of drug-likeness (QED) is 0.859. The molecular formula is C16H31N3O. The molecule has 1 amide bonds. The number of likely N-dealkylation sites (tertiary alicyclic amines) is 2. The number of hydrogen-bond acceptors (Lipinski definition) is 3. The lowest BCUT2D eigenvalue weighted by Gasteiger charge is -2.38. The van der Waals surface area contributed by atoms with E-state index in [1.54, 1.807) is 0 Å². The van der Waals surface area contributed by atoms with Gasteiger partial charge in [0, 0.05) is 25.7 Å². The van der Waals surface area contributed by atoms with Crippen LogP contribution in [0.4, 0.5) is 0 Å². The molecule has 2 N–H and O–H groups in total. The van der Waals surface area contributed by atoms with E-state index in [9.17, 15) is 4.79 Å². The van der Waals surface area contributed by atoms with Gasteiger partial charge in [-0.15, -0.1) is 0 Å². The third-order valence-corrected chi connectivity index (χ3v) is 4.92.